The molecule has 1 aliphatic heterocycles. The molecule has 0 spiro atoms. The molecule has 7 heteroatoms. The summed E-state index contributed by atoms with van der Waals surface area (Å²) >= 11 is 11.9. The average Bonchev–Trinajstić information content (AvgIpc) is 3.09. The van der Waals surface area contributed by atoms with Crippen LogP contribution in [0.4, 0.5) is 0 Å². The number of primary amides is 1. The van der Waals surface area contributed by atoms with Crippen LogP contribution in [0.5, 0.6) is 5.75 Å². The van der Waals surface area contributed by atoms with Crippen molar-refractivity contribution in [1.29, 1.82) is 0 Å². The van der Waals surface area contributed by atoms with Crippen LogP contribution in [0.3, 0.4) is 0 Å². The number of halogens is 2. The maximum absolute atomic E-state index is 11.2. The number of β-amino-alcohol motifs (C(OH)–C–C–N with tert-alkyl or cyclic N) is 1. The molecule has 5 nitrogen and oxygen atoms in total. The van der Waals surface area contributed by atoms with Gasteiger partial charge in [-0.15, -0.1) is 0 Å². The van der Waals surface area contributed by atoms with Crippen LogP contribution in [-0.4, -0.2) is 48.3 Å². The molecular weight excluding hydrogens is 411 g/mol. The van der Waals surface area contributed by atoms with Crippen LogP contribution in [0.25, 0.3) is 0 Å². The summed E-state index contributed by atoms with van der Waals surface area (Å²) in [6, 6.07) is 13.0. The number of ether oxygens (including phenoxy) is 1. The predicted octanol–water partition coefficient (Wildman–Crippen LogP) is 3.33. The molecule has 1 aliphatic rings. The summed E-state index contributed by atoms with van der Waals surface area (Å²) in [7, 11) is 0. The lowest BCUT2D eigenvalue weighted by Gasteiger charge is -2.21. The summed E-state index contributed by atoms with van der Waals surface area (Å²) in [5.74, 6) is 0.637. The molecule has 0 aliphatic carbocycles. The Kier molecular flexibility index (Phi) is 7.78. The lowest BCUT2D eigenvalue weighted by molar-refractivity contribution is -0.117. The summed E-state index contributed by atoms with van der Waals surface area (Å²) in [4.78, 5) is 13.5. The first-order chi connectivity index (χ1) is 13.9. The van der Waals surface area contributed by atoms with Crippen molar-refractivity contribution in [3.05, 3.63) is 63.6 Å². The third-order valence-electron chi connectivity index (χ3n) is 5.09. The van der Waals surface area contributed by atoms with Crippen LogP contribution in [0.1, 0.15) is 17.5 Å². The van der Waals surface area contributed by atoms with Gasteiger partial charge in [0.25, 0.3) is 0 Å². The van der Waals surface area contributed by atoms with Gasteiger partial charge in [0.2, 0.25) is 5.91 Å². The molecule has 29 heavy (non-hydrogen) atoms. The van der Waals surface area contributed by atoms with E-state index in [9.17, 15) is 9.90 Å². The Balaban J connectivity index is 1.46. The third-order valence-corrected chi connectivity index (χ3v) is 5.58. The van der Waals surface area contributed by atoms with Crippen molar-refractivity contribution >= 4 is 29.1 Å². The highest BCUT2D eigenvalue weighted by molar-refractivity contribution is 6.30. The lowest BCUT2D eigenvalue weighted by Crippen LogP contribution is -2.34. The Morgan fingerprint density at radius 2 is 1.93 bits per heavy atom. The van der Waals surface area contributed by atoms with Gasteiger partial charge in [0.15, 0.2) is 0 Å². The summed E-state index contributed by atoms with van der Waals surface area (Å²) in [6.07, 6.45) is 1.55. The molecule has 1 heterocycles. The van der Waals surface area contributed by atoms with Crippen LogP contribution >= 0.6 is 23.2 Å². The van der Waals surface area contributed by atoms with Gasteiger partial charge in [-0.3, -0.25) is 4.79 Å². The van der Waals surface area contributed by atoms with E-state index in [2.05, 4.69) is 17.0 Å². The molecule has 0 saturated carbocycles. The summed E-state index contributed by atoms with van der Waals surface area (Å²) in [6.45, 7) is 2.61. The number of aliphatic hydroxyl groups excluding tert-OH is 1. The first-order valence-corrected chi connectivity index (χ1v) is 10.5. The predicted molar refractivity (Wildman–Crippen MR) is 116 cm³/mol. The summed E-state index contributed by atoms with van der Waals surface area (Å²) in [5, 5.41) is 11.7. The molecule has 0 aromatic heterocycles. The van der Waals surface area contributed by atoms with Crippen LogP contribution in [0.15, 0.2) is 42.5 Å². The van der Waals surface area contributed by atoms with Crippen LogP contribution in [-0.2, 0) is 17.6 Å². The first kappa shape index (κ1) is 21.9. The fourth-order valence-corrected chi connectivity index (χ4v) is 4.07. The monoisotopic (exact) mass is 436 g/mol. The second kappa shape index (κ2) is 10.3. The number of hydrogen-bond acceptors (Lipinski definition) is 4. The molecule has 3 rings (SSSR count). The van der Waals surface area contributed by atoms with Crippen molar-refractivity contribution in [2.45, 2.75) is 25.4 Å². The fraction of sp³-hybridized carbons (Fsp3) is 0.409. The zero-order valence-corrected chi connectivity index (χ0v) is 17.7. The minimum atomic E-state index is -0.624. The number of benzene rings is 2. The highest BCUT2D eigenvalue weighted by Gasteiger charge is 2.24. The molecule has 2 unspecified atom stereocenters. The Hall–Kier alpha value is -1.79. The second-order valence-electron chi connectivity index (χ2n) is 7.60. The van der Waals surface area contributed by atoms with E-state index in [-0.39, 0.29) is 13.0 Å². The van der Waals surface area contributed by atoms with Crippen molar-refractivity contribution in [2.75, 3.05) is 26.2 Å². The number of carbonyl (C=O) groups is 1. The molecular formula is C22H26Cl2N2O3. The van der Waals surface area contributed by atoms with Gasteiger partial charge in [0.1, 0.15) is 18.5 Å². The average molecular weight is 437 g/mol. The zero-order chi connectivity index (χ0) is 20.8. The van der Waals surface area contributed by atoms with E-state index >= 15 is 0 Å². The number of hydrogen-bond donors (Lipinski definition) is 2. The highest BCUT2D eigenvalue weighted by atomic mass is 35.5. The van der Waals surface area contributed by atoms with Gasteiger partial charge in [-0.1, -0.05) is 35.3 Å². The van der Waals surface area contributed by atoms with Crippen molar-refractivity contribution in [3.63, 3.8) is 0 Å². The third kappa shape index (κ3) is 6.89. The van der Waals surface area contributed by atoms with Gasteiger partial charge in [0, 0.05) is 28.7 Å². The van der Waals surface area contributed by atoms with E-state index in [1.54, 1.807) is 18.2 Å². The van der Waals surface area contributed by atoms with E-state index in [4.69, 9.17) is 33.7 Å². The molecule has 1 saturated heterocycles. The quantitative estimate of drug-likeness (QED) is 0.631. The molecule has 2 aromatic carbocycles. The van der Waals surface area contributed by atoms with Crippen LogP contribution in [0, 0.1) is 5.92 Å². The standard InChI is InChI=1S/C22H26Cl2N2O3/c23-18-3-1-15(2-4-18)9-16-7-8-26(12-16)13-20(27)14-29-21-6-5-19(24)10-17(21)11-22(25)28/h1-6,10,16,20,27H,7-9,11-14H2,(H2,25,28). The van der Waals surface area contributed by atoms with Crippen LogP contribution in [0.2, 0.25) is 10.0 Å². The van der Waals surface area contributed by atoms with Crippen molar-refractivity contribution in [1.82, 2.24) is 4.90 Å². The Labute approximate surface area is 181 Å². The smallest absolute Gasteiger partial charge is 0.221 e. The van der Waals surface area contributed by atoms with E-state index in [0.29, 0.717) is 28.8 Å². The SMILES string of the molecule is NC(=O)Cc1cc(Cl)ccc1OCC(O)CN1CCC(Cc2ccc(Cl)cc2)C1. The molecule has 0 radical (unpaired) electrons. The molecule has 2 atom stereocenters. The van der Waals surface area contributed by atoms with Gasteiger partial charge in [-0.2, -0.15) is 0 Å². The molecule has 0 bridgehead atoms. The normalized spacial score (nSPS) is 18.0. The number of carbonyl (C=O) groups excluding carboxylic acids is 1. The van der Waals surface area contributed by atoms with E-state index in [1.807, 2.05) is 12.1 Å². The van der Waals surface area contributed by atoms with Crippen LogP contribution < -0.4 is 10.5 Å². The number of aliphatic hydroxyl groups is 1. The lowest BCUT2D eigenvalue weighted by atomic mass is 9.99. The van der Waals surface area contributed by atoms with Gasteiger partial charge < -0.3 is 20.5 Å². The van der Waals surface area contributed by atoms with Gasteiger partial charge in [0.05, 0.1) is 6.42 Å². The van der Waals surface area contributed by atoms with Crippen molar-refractivity contribution in [2.24, 2.45) is 11.7 Å². The zero-order valence-electron chi connectivity index (χ0n) is 16.2. The van der Waals surface area contributed by atoms with Crippen molar-refractivity contribution in [3.8, 4) is 5.75 Å². The number of likely N-dealkylation sites (tertiary alicyclic amines) is 1. The Morgan fingerprint density at radius 1 is 1.21 bits per heavy atom. The molecule has 1 amide bonds. The number of amides is 1. The number of nitrogens with zero attached hydrogens (tertiary/aromatic N) is 1. The molecule has 1 fully saturated rings. The molecule has 156 valence electrons. The summed E-state index contributed by atoms with van der Waals surface area (Å²) in [5.41, 5.74) is 7.20. The van der Waals surface area contributed by atoms with Gasteiger partial charge in [-0.25, -0.2) is 0 Å². The topological polar surface area (TPSA) is 75.8 Å². The molecule has 3 N–H and O–H groups in total. The van der Waals surface area contributed by atoms with E-state index in [1.165, 1.54) is 5.56 Å². The maximum Gasteiger partial charge on any atom is 0.221 e. The largest absolute Gasteiger partial charge is 0.491 e. The molecule has 2 aromatic rings. The minimum absolute atomic E-state index is 0.0461. The number of rotatable bonds is 9. The van der Waals surface area contributed by atoms with Crippen molar-refractivity contribution < 1.29 is 14.6 Å². The summed E-state index contributed by atoms with van der Waals surface area (Å²) < 4.78 is 5.74. The maximum atomic E-state index is 11.2. The second-order valence-corrected chi connectivity index (χ2v) is 8.48. The Morgan fingerprint density at radius 3 is 2.66 bits per heavy atom. The minimum Gasteiger partial charge on any atom is -0.491 e. The highest BCUT2D eigenvalue weighted by Crippen LogP contribution is 2.25. The first-order valence-electron chi connectivity index (χ1n) is 9.73. The Bertz CT molecular complexity index is 829. The van der Waals surface area contributed by atoms with Gasteiger partial charge in [-0.05, 0) is 61.2 Å². The number of nitrogens with two attached hydrogens (primary N) is 1. The fourth-order valence-electron chi connectivity index (χ4n) is 3.75. The van der Waals surface area contributed by atoms with E-state index in [0.717, 1.165) is 31.0 Å². The van der Waals surface area contributed by atoms with Gasteiger partial charge >= 0.3 is 0 Å². The van der Waals surface area contributed by atoms with E-state index < -0.39 is 12.0 Å².